The Bertz CT molecular complexity index is 527. The lowest BCUT2D eigenvalue weighted by Crippen LogP contribution is -2.13. The van der Waals surface area contributed by atoms with Crippen LogP contribution >= 0.6 is 11.6 Å². The summed E-state index contributed by atoms with van der Waals surface area (Å²) in [4.78, 5) is 11.5. The predicted molar refractivity (Wildman–Crippen MR) is 64.2 cm³/mol. The molecule has 1 aromatic heterocycles. The second-order valence-corrected chi connectivity index (χ2v) is 3.91. The molecule has 0 spiro atoms. The van der Waals surface area contributed by atoms with E-state index in [1.807, 2.05) is 12.1 Å². The fraction of sp³-hybridized carbons (Fsp3) is 0.182. The molecule has 4 nitrogen and oxygen atoms in total. The molecule has 0 atom stereocenters. The van der Waals surface area contributed by atoms with Crippen LogP contribution in [0.25, 0.3) is 5.69 Å². The van der Waals surface area contributed by atoms with Crippen molar-refractivity contribution in [3.05, 3.63) is 51.4 Å². The van der Waals surface area contributed by atoms with Gasteiger partial charge in [0, 0.05) is 17.8 Å². The molecule has 84 valence electrons. The molecule has 2 rings (SSSR count). The summed E-state index contributed by atoms with van der Waals surface area (Å²) in [6.45, 7) is 0.552. The van der Waals surface area contributed by atoms with Crippen molar-refractivity contribution in [3.8, 4) is 5.69 Å². The Morgan fingerprint density at radius 1 is 1.38 bits per heavy atom. The SMILES string of the molecule is CNCc1cn(-c2ccc(Cl)cc2)[nH]c1=O. The van der Waals surface area contributed by atoms with E-state index in [4.69, 9.17) is 11.6 Å². The lowest BCUT2D eigenvalue weighted by Gasteiger charge is -2.01. The monoisotopic (exact) mass is 237 g/mol. The number of H-pyrrole nitrogens is 1. The molecule has 0 radical (unpaired) electrons. The minimum absolute atomic E-state index is 0.0794. The van der Waals surface area contributed by atoms with Crippen LogP contribution in [0.5, 0.6) is 0 Å². The highest BCUT2D eigenvalue weighted by molar-refractivity contribution is 6.30. The highest BCUT2D eigenvalue weighted by Gasteiger charge is 2.04. The lowest BCUT2D eigenvalue weighted by atomic mass is 10.3. The summed E-state index contributed by atoms with van der Waals surface area (Å²) in [7, 11) is 1.80. The van der Waals surface area contributed by atoms with Gasteiger partial charge in [-0.25, -0.2) is 0 Å². The van der Waals surface area contributed by atoms with E-state index in [-0.39, 0.29) is 5.56 Å². The summed E-state index contributed by atoms with van der Waals surface area (Å²) in [6, 6.07) is 7.27. The van der Waals surface area contributed by atoms with Crippen molar-refractivity contribution in [2.24, 2.45) is 0 Å². The molecule has 2 aromatic rings. The summed E-state index contributed by atoms with van der Waals surface area (Å²) in [5.41, 5.74) is 1.51. The number of aromatic amines is 1. The van der Waals surface area contributed by atoms with Crippen LogP contribution in [0, 0.1) is 0 Å². The fourth-order valence-electron chi connectivity index (χ4n) is 1.49. The fourth-order valence-corrected chi connectivity index (χ4v) is 1.61. The number of aromatic nitrogens is 2. The van der Waals surface area contributed by atoms with Gasteiger partial charge in [0.2, 0.25) is 0 Å². The number of nitrogens with one attached hydrogen (secondary N) is 2. The highest BCUT2D eigenvalue weighted by Crippen LogP contribution is 2.12. The molecular formula is C11H12ClN3O. The minimum Gasteiger partial charge on any atom is -0.315 e. The third-order valence-corrected chi connectivity index (χ3v) is 2.52. The van der Waals surface area contributed by atoms with Crippen LogP contribution in [0.15, 0.2) is 35.3 Å². The van der Waals surface area contributed by atoms with Crippen molar-refractivity contribution in [1.82, 2.24) is 15.1 Å². The molecule has 5 heteroatoms. The van der Waals surface area contributed by atoms with Gasteiger partial charge in [0.15, 0.2) is 0 Å². The van der Waals surface area contributed by atoms with Gasteiger partial charge in [-0.15, -0.1) is 0 Å². The lowest BCUT2D eigenvalue weighted by molar-refractivity contribution is 0.812. The van der Waals surface area contributed by atoms with Crippen LogP contribution < -0.4 is 10.9 Å². The predicted octanol–water partition coefficient (Wildman–Crippen LogP) is 1.54. The van der Waals surface area contributed by atoms with Crippen LogP contribution in [0.4, 0.5) is 0 Å². The van der Waals surface area contributed by atoms with E-state index in [9.17, 15) is 4.79 Å². The molecule has 1 aromatic carbocycles. The zero-order chi connectivity index (χ0) is 11.5. The smallest absolute Gasteiger partial charge is 0.268 e. The van der Waals surface area contributed by atoms with Gasteiger partial charge in [0.1, 0.15) is 0 Å². The first-order valence-corrected chi connectivity index (χ1v) is 5.29. The van der Waals surface area contributed by atoms with Crippen LogP contribution in [0.2, 0.25) is 5.02 Å². The average Bonchev–Trinajstić information content (AvgIpc) is 2.62. The summed E-state index contributed by atoms with van der Waals surface area (Å²) in [6.07, 6.45) is 1.78. The van der Waals surface area contributed by atoms with Crippen molar-refractivity contribution >= 4 is 11.6 Å². The van der Waals surface area contributed by atoms with Gasteiger partial charge in [-0.05, 0) is 31.3 Å². The number of rotatable bonds is 3. The van der Waals surface area contributed by atoms with E-state index >= 15 is 0 Å². The Morgan fingerprint density at radius 2 is 2.06 bits per heavy atom. The van der Waals surface area contributed by atoms with Crippen molar-refractivity contribution in [1.29, 1.82) is 0 Å². The van der Waals surface area contributed by atoms with E-state index in [1.165, 1.54) is 0 Å². The zero-order valence-corrected chi connectivity index (χ0v) is 9.58. The maximum Gasteiger partial charge on any atom is 0.268 e. The molecule has 0 saturated heterocycles. The second kappa shape index (κ2) is 4.55. The maximum absolute atomic E-state index is 11.5. The van der Waals surface area contributed by atoms with E-state index in [0.29, 0.717) is 17.1 Å². The van der Waals surface area contributed by atoms with Gasteiger partial charge < -0.3 is 5.32 Å². The number of benzene rings is 1. The molecule has 0 aliphatic carbocycles. The Morgan fingerprint density at radius 3 is 2.69 bits per heavy atom. The van der Waals surface area contributed by atoms with E-state index < -0.39 is 0 Å². The second-order valence-electron chi connectivity index (χ2n) is 3.47. The van der Waals surface area contributed by atoms with Crippen molar-refractivity contribution in [2.45, 2.75) is 6.54 Å². The van der Waals surface area contributed by atoms with E-state index in [2.05, 4.69) is 10.4 Å². The molecule has 0 bridgehead atoms. The molecule has 0 aliphatic heterocycles. The Labute approximate surface area is 97.8 Å². The van der Waals surface area contributed by atoms with Crippen LogP contribution in [-0.4, -0.2) is 16.8 Å². The van der Waals surface area contributed by atoms with Gasteiger partial charge in [-0.1, -0.05) is 11.6 Å². The molecule has 16 heavy (non-hydrogen) atoms. The number of hydrogen-bond donors (Lipinski definition) is 2. The Balaban J connectivity index is 2.37. The van der Waals surface area contributed by atoms with Crippen LogP contribution in [0.3, 0.4) is 0 Å². The maximum atomic E-state index is 11.5. The third kappa shape index (κ3) is 2.18. The molecule has 0 fully saturated rings. The molecule has 1 heterocycles. The van der Waals surface area contributed by atoms with Gasteiger partial charge in [-0.3, -0.25) is 14.6 Å². The number of hydrogen-bond acceptors (Lipinski definition) is 2. The van der Waals surface area contributed by atoms with E-state index in [0.717, 1.165) is 5.69 Å². The number of nitrogens with zero attached hydrogens (tertiary/aromatic N) is 1. The van der Waals surface area contributed by atoms with Gasteiger partial charge in [0.05, 0.1) is 11.3 Å². The molecule has 0 saturated carbocycles. The van der Waals surface area contributed by atoms with Crippen molar-refractivity contribution in [3.63, 3.8) is 0 Å². The van der Waals surface area contributed by atoms with Crippen LogP contribution in [0.1, 0.15) is 5.56 Å². The van der Waals surface area contributed by atoms with Gasteiger partial charge in [0.25, 0.3) is 5.56 Å². The Hall–Kier alpha value is -1.52. The summed E-state index contributed by atoms with van der Waals surface area (Å²) in [5.74, 6) is 0. The normalized spacial score (nSPS) is 10.6. The van der Waals surface area contributed by atoms with Crippen molar-refractivity contribution < 1.29 is 0 Å². The summed E-state index contributed by atoms with van der Waals surface area (Å²) < 4.78 is 1.69. The van der Waals surface area contributed by atoms with Crippen LogP contribution in [-0.2, 0) is 6.54 Å². The van der Waals surface area contributed by atoms with Crippen molar-refractivity contribution in [2.75, 3.05) is 7.05 Å². The van der Waals surface area contributed by atoms with Gasteiger partial charge >= 0.3 is 0 Å². The molecule has 0 unspecified atom stereocenters. The largest absolute Gasteiger partial charge is 0.315 e. The first kappa shape index (κ1) is 11.0. The summed E-state index contributed by atoms with van der Waals surface area (Å²) in [5, 5.41) is 6.36. The molecule has 0 aliphatic rings. The summed E-state index contributed by atoms with van der Waals surface area (Å²) >= 11 is 5.79. The highest BCUT2D eigenvalue weighted by atomic mass is 35.5. The molecule has 2 N–H and O–H groups in total. The average molecular weight is 238 g/mol. The first-order valence-electron chi connectivity index (χ1n) is 4.92. The first-order chi connectivity index (χ1) is 7.70. The quantitative estimate of drug-likeness (QED) is 0.851. The zero-order valence-electron chi connectivity index (χ0n) is 8.83. The Kier molecular flexibility index (Phi) is 3.12. The third-order valence-electron chi connectivity index (χ3n) is 2.27. The van der Waals surface area contributed by atoms with Gasteiger partial charge in [-0.2, -0.15) is 0 Å². The molecule has 0 amide bonds. The number of halogens is 1. The molecular weight excluding hydrogens is 226 g/mol. The minimum atomic E-state index is -0.0794. The van der Waals surface area contributed by atoms with E-state index in [1.54, 1.807) is 30.1 Å². The topological polar surface area (TPSA) is 49.8 Å². The standard InChI is InChI=1S/C11H12ClN3O/c1-13-6-8-7-15(14-11(8)16)10-4-2-9(12)3-5-10/h2-5,7,13H,6H2,1H3,(H,14,16).